The van der Waals surface area contributed by atoms with Crippen LogP contribution in [-0.2, 0) is 6.54 Å². The Kier molecular flexibility index (Phi) is 3.71. The maximum absolute atomic E-state index is 11.1. The molecule has 4 heteroatoms. The Morgan fingerprint density at radius 2 is 2.07 bits per heavy atom. The molecule has 0 unspecified atom stereocenters. The summed E-state index contributed by atoms with van der Waals surface area (Å²) in [6, 6.07) is 1.44. The van der Waals surface area contributed by atoms with E-state index in [0.29, 0.717) is 6.54 Å². The van der Waals surface area contributed by atoms with Crippen molar-refractivity contribution in [3.05, 3.63) is 28.2 Å². The van der Waals surface area contributed by atoms with Crippen LogP contribution in [0.3, 0.4) is 0 Å². The van der Waals surface area contributed by atoms with E-state index in [1.54, 1.807) is 0 Å². The van der Waals surface area contributed by atoms with Gasteiger partial charge in [0.25, 0.3) is 0 Å². The van der Waals surface area contributed by atoms with Crippen LogP contribution in [0.25, 0.3) is 0 Å². The monoisotopic (exact) mass is 196 g/mol. The largest absolute Gasteiger partial charge is 0.503 e. The third-order valence-electron chi connectivity index (χ3n) is 2.24. The van der Waals surface area contributed by atoms with Crippen molar-refractivity contribution in [2.24, 2.45) is 0 Å². The van der Waals surface area contributed by atoms with E-state index in [2.05, 4.69) is 23.7 Å². The summed E-state index contributed by atoms with van der Waals surface area (Å²) in [5, 5.41) is 9.03. The van der Waals surface area contributed by atoms with E-state index in [1.807, 2.05) is 0 Å². The summed E-state index contributed by atoms with van der Waals surface area (Å²) < 4.78 is 0. The first kappa shape index (κ1) is 10.8. The molecule has 0 aliphatic carbocycles. The second-order valence-corrected chi connectivity index (χ2v) is 3.17. The van der Waals surface area contributed by atoms with E-state index < -0.39 is 0 Å². The number of aromatic amines is 1. The Morgan fingerprint density at radius 3 is 2.57 bits per heavy atom. The Morgan fingerprint density at radius 1 is 1.43 bits per heavy atom. The fraction of sp³-hybridized carbons (Fsp3) is 0.500. The molecule has 0 atom stereocenters. The highest BCUT2D eigenvalue weighted by Gasteiger charge is 2.03. The number of nitrogens with one attached hydrogen (secondary N) is 1. The molecule has 0 bridgehead atoms. The maximum atomic E-state index is 11.1. The molecule has 0 aliphatic heterocycles. The van der Waals surface area contributed by atoms with Gasteiger partial charge in [-0.2, -0.15) is 0 Å². The molecular weight excluding hydrogens is 180 g/mol. The van der Waals surface area contributed by atoms with Gasteiger partial charge in [0.15, 0.2) is 5.75 Å². The SMILES string of the molecule is CCN(CC)Cc1cc(=O)c(O)c[nH]1. The van der Waals surface area contributed by atoms with Gasteiger partial charge in [0, 0.05) is 24.5 Å². The summed E-state index contributed by atoms with van der Waals surface area (Å²) in [4.78, 5) is 16.2. The van der Waals surface area contributed by atoms with E-state index in [1.165, 1.54) is 12.3 Å². The second-order valence-electron chi connectivity index (χ2n) is 3.17. The third-order valence-corrected chi connectivity index (χ3v) is 2.24. The van der Waals surface area contributed by atoms with Gasteiger partial charge in [-0.25, -0.2) is 0 Å². The van der Waals surface area contributed by atoms with Crippen molar-refractivity contribution in [3.63, 3.8) is 0 Å². The predicted octanol–water partition coefficient (Wildman–Crippen LogP) is 0.922. The fourth-order valence-electron chi connectivity index (χ4n) is 1.29. The van der Waals surface area contributed by atoms with Gasteiger partial charge in [-0.1, -0.05) is 13.8 Å². The van der Waals surface area contributed by atoms with Crippen LogP contribution in [0.5, 0.6) is 5.75 Å². The molecule has 78 valence electrons. The lowest BCUT2D eigenvalue weighted by molar-refractivity contribution is 0.292. The molecule has 1 heterocycles. The summed E-state index contributed by atoms with van der Waals surface area (Å²) in [5.74, 6) is -0.228. The lowest BCUT2D eigenvalue weighted by atomic mass is 10.3. The van der Waals surface area contributed by atoms with Gasteiger partial charge in [-0.15, -0.1) is 0 Å². The molecular formula is C10H16N2O2. The smallest absolute Gasteiger partial charge is 0.223 e. The molecule has 0 aromatic carbocycles. The predicted molar refractivity (Wildman–Crippen MR) is 55.4 cm³/mol. The summed E-state index contributed by atoms with van der Waals surface area (Å²) in [5.41, 5.74) is 0.502. The van der Waals surface area contributed by atoms with Crippen LogP contribution in [0.4, 0.5) is 0 Å². The summed E-state index contributed by atoms with van der Waals surface area (Å²) in [7, 11) is 0. The van der Waals surface area contributed by atoms with Gasteiger partial charge in [0.2, 0.25) is 5.43 Å². The highest BCUT2D eigenvalue weighted by atomic mass is 16.3. The average molecular weight is 196 g/mol. The van der Waals surface area contributed by atoms with Gasteiger partial charge >= 0.3 is 0 Å². The number of aromatic nitrogens is 1. The molecule has 0 aliphatic rings. The summed E-state index contributed by atoms with van der Waals surface area (Å²) in [6.45, 7) is 6.74. The van der Waals surface area contributed by atoms with Crippen LogP contribution >= 0.6 is 0 Å². The zero-order chi connectivity index (χ0) is 10.6. The summed E-state index contributed by atoms with van der Waals surface area (Å²) >= 11 is 0. The number of aromatic hydroxyl groups is 1. The van der Waals surface area contributed by atoms with Gasteiger partial charge < -0.3 is 10.1 Å². The van der Waals surface area contributed by atoms with Crippen molar-refractivity contribution in [2.45, 2.75) is 20.4 Å². The lowest BCUT2D eigenvalue weighted by Gasteiger charge is -2.17. The highest BCUT2D eigenvalue weighted by molar-refractivity contribution is 5.18. The maximum Gasteiger partial charge on any atom is 0.223 e. The van der Waals surface area contributed by atoms with Crippen LogP contribution in [0.2, 0.25) is 0 Å². The average Bonchev–Trinajstić information content (AvgIpc) is 2.19. The van der Waals surface area contributed by atoms with Gasteiger partial charge in [-0.3, -0.25) is 9.69 Å². The molecule has 0 fully saturated rings. The van der Waals surface area contributed by atoms with E-state index >= 15 is 0 Å². The van der Waals surface area contributed by atoms with Gasteiger partial charge in [-0.05, 0) is 13.1 Å². The van der Waals surface area contributed by atoms with Crippen molar-refractivity contribution < 1.29 is 5.11 Å². The van der Waals surface area contributed by atoms with Crippen LogP contribution in [0.15, 0.2) is 17.1 Å². The molecule has 1 aromatic rings. The van der Waals surface area contributed by atoms with Crippen LogP contribution in [0, 0.1) is 0 Å². The third kappa shape index (κ3) is 2.60. The molecule has 0 radical (unpaired) electrons. The van der Waals surface area contributed by atoms with Gasteiger partial charge in [0.05, 0.1) is 0 Å². The highest BCUT2D eigenvalue weighted by Crippen LogP contribution is 2.02. The number of hydrogen-bond acceptors (Lipinski definition) is 3. The Hall–Kier alpha value is -1.29. The lowest BCUT2D eigenvalue weighted by Crippen LogP contribution is -2.23. The Bertz CT molecular complexity index is 342. The number of hydrogen-bond donors (Lipinski definition) is 2. The number of pyridine rings is 1. The van der Waals surface area contributed by atoms with Crippen molar-refractivity contribution in [1.82, 2.24) is 9.88 Å². The molecule has 1 rings (SSSR count). The topological polar surface area (TPSA) is 56.3 Å². The fourth-order valence-corrected chi connectivity index (χ4v) is 1.29. The van der Waals surface area contributed by atoms with E-state index in [-0.39, 0.29) is 11.2 Å². The molecule has 14 heavy (non-hydrogen) atoms. The Labute approximate surface area is 83.2 Å². The normalized spacial score (nSPS) is 10.8. The van der Waals surface area contributed by atoms with Crippen LogP contribution in [0.1, 0.15) is 19.5 Å². The minimum Gasteiger partial charge on any atom is -0.503 e. The quantitative estimate of drug-likeness (QED) is 0.753. The van der Waals surface area contributed by atoms with Crippen molar-refractivity contribution >= 4 is 0 Å². The zero-order valence-corrected chi connectivity index (χ0v) is 8.58. The molecule has 0 amide bonds. The van der Waals surface area contributed by atoms with E-state index in [0.717, 1.165) is 18.8 Å². The molecule has 0 saturated heterocycles. The molecule has 2 N–H and O–H groups in total. The standard InChI is InChI=1S/C10H16N2O2/c1-3-12(4-2)7-8-5-9(13)10(14)6-11-8/h5-6,14H,3-4,7H2,1-2H3,(H,11,13). The first-order valence-electron chi connectivity index (χ1n) is 4.80. The summed E-state index contributed by atoms with van der Waals surface area (Å²) in [6.07, 6.45) is 1.33. The zero-order valence-electron chi connectivity index (χ0n) is 8.58. The molecule has 1 aromatic heterocycles. The molecule has 4 nitrogen and oxygen atoms in total. The van der Waals surface area contributed by atoms with Gasteiger partial charge in [0.1, 0.15) is 0 Å². The first-order valence-corrected chi connectivity index (χ1v) is 4.80. The minimum absolute atomic E-state index is 0.228. The van der Waals surface area contributed by atoms with Crippen molar-refractivity contribution in [3.8, 4) is 5.75 Å². The first-order chi connectivity index (χ1) is 6.67. The minimum atomic E-state index is -0.328. The van der Waals surface area contributed by atoms with E-state index in [4.69, 9.17) is 5.11 Å². The molecule has 0 saturated carbocycles. The van der Waals surface area contributed by atoms with Crippen molar-refractivity contribution in [2.75, 3.05) is 13.1 Å². The number of nitrogens with zero attached hydrogens (tertiary/aromatic N) is 1. The molecule has 0 spiro atoms. The second kappa shape index (κ2) is 4.81. The van der Waals surface area contributed by atoms with E-state index in [9.17, 15) is 4.79 Å². The number of rotatable bonds is 4. The Balaban J connectivity index is 2.77. The van der Waals surface area contributed by atoms with Crippen LogP contribution in [-0.4, -0.2) is 28.1 Å². The number of H-pyrrole nitrogens is 1. The van der Waals surface area contributed by atoms with Crippen LogP contribution < -0.4 is 5.43 Å². The van der Waals surface area contributed by atoms with Crippen molar-refractivity contribution in [1.29, 1.82) is 0 Å².